The van der Waals surface area contributed by atoms with E-state index < -0.39 is 9.84 Å². The van der Waals surface area contributed by atoms with Gasteiger partial charge in [0.1, 0.15) is 9.84 Å². The van der Waals surface area contributed by atoms with E-state index in [2.05, 4.69) is 43.2 Å². The quantitative estimate of drug-likeness (QED) is 0.759. The summed E-state index contributed by atoms with van der Waals surface area (Å²) in [6.07, 6.45) is 1.92. The maximum Gasteiger partial charge on any atom is 0.147 e. The maximum absolute atomic E-state index is 10.9. The summed E-state index contributed by atoms with van der Waals surface area (Å²) in [6, 6.07) is 2.05. The van der Waals surface area contributed by atoms with E-state index in [1.807, 2.05) is 0 Å². The predicted octanol–water partition coefficient (Wildman–Crippen LogP) is 2.80. The molecule has 0 atom stereocenters. The first-order valence-electron chi connectivity index (χ1n) is 4.70. The smallest absolute Gasteiger partial charge is 0.147 e. The summed E-state index contributed by atoms with van der Waals surface area (Å²) >= 11 is 8.52. The second-order valence-corrected chi connectivity index (χ2v) is 9.06. The van der Waals surface area contributed by atoms with Gasteiger partial charge in [0.2, 0.25) is 0 Å². The summed E-state index contributed by atoms with van der Waals surface area (Å²) in [5, 5.41) is 3.22. The minimum absolute atomic E-state index is 0.248. The summed E-state index contributed by atoms with van der Waals surface area (Å²) in [7, 11) is -2.82. The van der Waals surface area contributed by atoms with Gasteiger partial charge in [-0.15, -0.1) is 11.3 Å². The lowest BCUT2D eigenvalue weighted by atomic mass is 10.4. The summed E-state index contributed by atoms with van der Waals surface area (Å²) in [6.45, 7) is 1.50. The maximum atomic E-state index is 10.9. The topological polar surface area (TPSA) is 46.2 Å². The molecular formula is C9H13Br2NO2S2. The fourth-order valence-electron chi connectivity index (χ4n) is 1.15. The van der Waals surface area contributed by atoms with E-state index in [0.717, 1.165) is 21.3 Å². The Bertz CT molecular complexity index is 423. The van der Waals surface area contributed by atoms with Gasteiger partial charge in [-0.2, -0.15) is 0 Å². The van der Waals surface area contributed by atoms with Crippen LogP contribution in [0, 0.1) is 0 Å². The molecule has 0 spiro atoms. The zero-order valence-electron chi connectivity index (χ0n) is 8.79. The molecular weight excluding hydrogens is 378 g/mol. The number of hydrogen-bond acceptors (Lipinski definition) is 4. The molecule has 1 N–H and O–H groups in total. The van der Waals surface area contributed by atoms with Gasteiger partial charge in [-0.1, -0.05) is 0 Å². The summed E-state index contributed by atoms with van der Waals surface area (Å²) < 4.78 is 23.9. The van der Waals surface area contributed by atoms with Crippen molar-refractivity contribution in [1.82, 2.24) is 5.32 Å². The Morgan fingerprint density at radius 2 is 2.12 bits per heavy atom. The van der Waals surface area contributed by atoms with Crippen LogP contribution in [0.25, 0.3) is 0 Å². The van der Waals surface area contributed by atoms with Crippen molar-refractivity contribution < 1.29 is 8.42 Å². The van der Waals surface area contributed by atoms with Crippen molar-refractivity contribution in [3.05, 3.63) is 19.2 Å². The van der Waals surface area contributed by atoms with Gasteiger partial charge in [-0.05, 0) is 50.9 Å². The highest BCUT2D eigenvalue weighted by atomic mass is 79.9. The molecule has 3 nitrogen and oxygen atoms in total. The molecule has 1 aromatic rings. The fraction of sp³-hybridized carbons (Fsp3) is 0.556. The first kappa shape index (κ1) is 14.6. The average Bonchev–Trinajstić information content (AvgIpc) is 2.44. The van der Waals surface area contributed by atoms with Gasteiger partial charge in [0, 0.05) is 22.2 Å². The molecule has 0 saturated carbocycles. The van der Waals surface area contributed by atoms with Crippen molar-refractivity contribution in [1.29, 1.82) is 0 Å². The molecule has 0 aliphatic carbocycles. The predicted molar refractivity (Wildman–Crippen MR) is 75.8 cm³/mol. The van der Waals surface area contributed by atoms with E-state index in [-0.39, 0.29) is 5.75 Å². The minimum Gasteiger partial charge on any atom is -0.312 e. The largest absolute Gasteiger partial charge is 0.312 e. The number of nitrogens with one attached hydrogen (secondary N) is 1. The van der Waals surface area contributed by atoms with Crippen LogP contribution in [0.15, 0.2) is 14.3 Å². The Kier molecular flexibility index (Phi) is 5.93. The lowest BCUT2D eigenvalue weighted by Crippen LogP contribution is -2.17. The molecule has 0 fully saturated rings. The van der Waals surface area contributed by atoms with E-state index in [9.17, 15) is 8.42 Å². The van der Waals surface area contributed by atoms with Crippen LogP contribution in [-0.2, 0) is 16.4 Å². The van der Waals surface area contributed by atoms with Gasteiger partial charge < -0.3 is 5.32 Å². The van der Waals surface area contributed by atoms with Crippen molar-refractivity contribution in [2.24, 2.45) is 0 Å². The van der Waals surface area contributed by atoms with Crippen LogP contribution in [0.3, 0.4) is 0 Å². The van der Waals surface area contributed by atoms with Crippen LogP contribution < -0.4 is 5.32 Å². The number of hydrogen-bond donors (Lipinski definition) is 1. The number of halogens is 2. The van der Waals surface area contributed by atoms with E-state index in [1.54, 1.807) is 11.3 Å². The molecule has 0 radical (unpaired) electrons. The highest BCUT2D eigenvalue weighted by molar-refractivity contribution is 9.13. The average molecular weight is 391 g/mol. The molecule has 1 rings (SSSR count). The highest BCUT2D eigenvalue weighted by Crippen LogP contribution is 2.32. The molecule has 0 aliphatic heterocycles. The molecule has 0 saturated heterocycles. The van der Waals surface area contributed by atoms with Gasteiger partial charge in [0.15, 0.2) is 0 Å². The van der Waals surface area contributed by atoms with Crippen molar-refractivity contribution in [2.45, 2.75) is 13.0 Å². The van der Waals surface area contributed by atoms with Crippen molar-refractivity contribution in [2.75, 3.05) is 18.6 Å². The highest BCUT2D eigenvalue weighted by Gasteiger charge is 2.04. The van der Waals surface area contributed by atoms with Gasteiger partial charge in [-0.3, -0.25) is 0 Å². The van der Waals surface area contributed by atoms with Crippen LogP contribution in [0.1, 0.15) is 11.3 Å². The lowest BCUT2D eigenvalue weighted by molar-refractivity contribution is 0.594. The molecule has 16 heavy (non-hydrogen) atoms. The summed E-state index contributed by atoms with van der Waals surface area (Å²) in [5.41, 5.74) is 0. The Labute approximate surface area is 117 Å². The number of rotatable bonds is 6. The third-order valence-electron chi connectivity index (χ3n) is 1.86. The second-order valence-electron chi connectivity index (χ2n) is 3.49. The van der Waals surface area contributed by atoms with Crippen LogP contribution in [-0.4, -0.2) is 27.0 Å². The monoisotopic (exact) mass is 389 g/mol. The molecule has 0 unspecified atom stereocenters. The molecule has 1 aromatic heterocycles. The third-order valence-corrected chi connectivity index (χ3v) is 6.15. The summed E-state index contributed by atoms with van der Waals surface area (Å²) in [5.74, 6) is 0.248. The first-order valence-corrected chi connectivity index (χ1v) is 9.17. The fourth-order valence-corrected chi connectivity index (χ4v) is 3.96. The van der Waals surface area contributed by atoms with E-state index in [0.29, 0.717) is 6.42 Å². The minimum atomic E-state index is -2.82. The second kappa shape index (κ2) is 6.49. The van der Waals surface area contributed by atoms with Crippen LogP contribution in [0.2, 0.25) is 0 Å². The third kappa shape index (κ3) is 5.77. The Hall–Kier alpha value is 0.570. The van der Waals surface area contributed by atoms with Crippen molar-refractivity contribution in [3.8, 4) is 0 Å². The molecule has 92 valence electrons. The number of thiophene rings is 1. The molecule has 0 amide bonds. The van der Waals surface area contributed by atoms with Crippen molar-refractivity contribution >= 4 is 53.0 Å². The Morgan fingerprint density at radius 3 is 2.62 bits per heavy atom. The molecule has 0 bridgehead atoms. The lowest BCUT2D eigenvalue weighted by Gasteiger charge is -2.01. The van der Waals surface area contributed by atoms with Gasteiger partial charge >= 0.3 is 0 Å². The van der Waals surface area contributed by atoms with Crippen LogP contribution >= 0.6 is 43.2 Å². The van der Waals surface area contributed by atoms with Crippen molar-refractivity contribution in [3.63, 3.8) is 0 Å². The van der Waals surface area contributed by atoms with Gasteiger partial charge in [-0.25, -0.2) is 8.42 Å². The van der Waals surface area contributed by atoms with Gasteiger partial charge in [0.25, 0.3) is 0 Å². The molecule has 0 aliphatic rings. The van der Waals surface area contributed by atoms with Crippen LogP contribution in [0.4, 0.5) is 0 Å². The van der Waals surface area contributed by atoms with Gasteiger partial charge in [0.05, 0.1) is 9.54 Å². The van der Waals surface area contributed by atoms with Crippen LogP contribution in [0.5, 0.6) is 0 Å². The Morgan fingerprint density at radius 1 is 1.44 bits per heavy atom. The SMILES string of the molecule is CS(=O)(=O)CCCNCc1cc(Br)c(Br)s1. The standard InChI is InChI=1S/C9H13Br2NO2S2/c1-16(13,14)4-2-3-12-6-7-5-8(10)9(11)15-7/h5,12H,2-4,6H2,1H3. The molecule has 1 heterocycles. The normalized spacial score (nSPS) is 11.9. The molecule has 7 heteroatoms. The van der Waals surface area contributed by atoms with E-state index in [1.165, 1.54) is 11.1 Å². The first-order chi connectivity index (χ1) is 7.38. The zero-order chi connectivity index (χ0) is 12.2. The zero-order valence-corrected chi connectivity index (χ0v) is 13.6. The Balaban J connectivity index is 2.21. The molecule has 0 aromatic carbocycles. The van der Waals surface area contributed by atoms with E-state index >= 15 is 0 Å². The summed E-state index contributed by atoms with van der Waals surface area (Å²) in [4.78, 5) is 1.22. The number of sulfone groups is 1. The van der Waals surface area contributed by atoms with E-state index in [4.69, 9.17) is 0 Å².